The highest BCUT2D eigenvalue weighted by Gasteiger charge is 2.16. The lowest BCUT2D eigenvalue weighted by Crippen LogP contribution is -2.31. The van der Waals surface area contributed by atoms with Crippen LogP contribution in [0.25, 0.3) is 0 Å². The fraction of sp³-hybridized carbons (Fsp3) is 0.176. The summed E-state index contributed by atoms with van der Waals surface area (Å²) in [6.45, 7) is 8.31. The first-order valence-electron chi connectivity index (χ1n) is 6.88. The van der Waals surface area contributed by atoms with Crippen molar-refractivity contribution in [2.24, 2.45) is 0 Å². The van der Waals surface area contributed by atoms with Crippen LogP contribution in [0.4, 0.5) is 5.69 Å². The average Bonchev–Trinajstić information content (AvgIpc) is 2.49. The van der Waals surface area contributed by atoms with E-state index in [-0.39, 0.29) is 0 Å². The number of anilines is 1. The molecular formula is C17H21NO2Si. The highest BCUT2D eigenvalue weighted by molar-refractivity contribution is 6.82. The summed E-state index contributed by atoms with van der Waals surface area (Å²) in [6, 6.07) is 14.9. The van der Waals surface area contributed by atoms with Gasteiger partial charge in [-0.25, -0.2) is 0 Å². The van der Waals surface area contributed by atoms with E-state index in [4.69, 9.17) is 15.2 Å². The van der Waals surface area contributed by atoms with E-state index in [0.717, 1.165) is 29.2 Å². The fourth-order valence-corrected chi connectivity index (χ4v) is 2.26. The van der Waals surface area contributed by atoms with Gasteiger partial charge in [-0.2, -0.15) is 0 Å². The lowest BCUT2D eigenvalue weighted by molar-refractivity contribution is 0.378. The monoisotopic (exact) mass is 299 g/mol. The Balaban J connectivity index is 1.95. The van der Waals surface area contributed by atoms with Crippen molar-refractivity contribution >= 4 is 13.8 Å². The molecule has 2 aromatic rings. The van der Waals surface area contributed by atoms with E-state index in [1.807, 2.05) is 54.2 Å². The predicted molar refractivity (Wildman–Crippen MR) is 90.5 cm³/mol. The number of hydrogen-bond donors (Lipinski definition) is 1. The molecule has 2 N–H and O–H groups in total. The molecule has 0 saturated heterocycles. The number of nitrogen functional groups attached to an aromatic ring is 1. The van der Waals surface area contributed by atoms with Crippen molar-refractivity contribution in [2.45, 2.75) is 13.1 Å². The molecule has 110 valence electrons. The smallest absolute Gasteiger partial charge is 0.127 e. The van der Waals surface area contributed by atoms with Crippen LogP contribution in [0.5, 0.6) is 17.2 Å². The quantitative estimate of drug-likeness (QED) is 0.634. The topological polar surface area (TPSA) is 44.5 Å². The van der Waals surface area contributed by atoms with Gasteiger partial charge in [0.2, 0.25) is 0 Å². The molecule has 4 heteroatoms. The molecule has 0 radical (unpaired) electrons. The van der Waals surface area contributed by atoms with Gasteiger partial charge in [0.15, 0.2) is 0 Å². The molecular weight excluding hydrogens is 278 g/mol. The summed E-state index contributed by atoms with van der Waals surface area (Å²) in [5, 5.41) is 0. The highest BCUT2D eigenvalue weighted by atomic mass is 28.3. The van der Waals surface area contributed by atoms with Gasteiger partial charge in [0, 0.05) is 5.69 Å². The van der Waals surface area contributed by atoms with Crippen LogP contribution in [0.15, 0.2) is 60.8 Å². The molecule has 0 fully saturated rings. The second-order valence-corrected chi connectivity index (χ2v) is 10.3. The molecule has 0 aliphatic heterocycles. The SMILES string of the molecule is C=C[Si](C)(C)COc1ccc(Oc2ccc(N)cc2)cc1. The standard InChI is InChI=1S/C17H21NO2Si/c1-4-21(2,3)13-19-15-9-11-17(12-10-15)20-16-7-5-14(18)6-8-16/h4-12H,1,13,18H2,2-3H3. The first-order chi connectivity index (χ1) is 9.98. The van der Waals surface area contributed by atoms with Crippen LogP contribution >= 0.6 is 0 Å². The molecule has 0 saturated carbocycles. The van der Waals surface area contributed by atoms with Gasteiger partial charge in [0.1, 0.15) is 25.3 Å². The van der Waals surface area contributed by atoms with Gasteiger partial charge in [-0.1, -0.05) is 18.8 Å². The molecule has 2 rings (SSSR count). The Bertz CT molecular complexity index is 591. The Morgan fingerprint density at radius 3 is 1.95 bits per heavy atom. The van der Waals surface area contributed by atoms with Gasteiger partial charge in [-0.05, 0) is 48.5 Å². The van der Waals surface area contributed by atoms with E-state index in [0.29, 0.717) is 0 Å². The maximum absolute atomic E-state index is 5.80. The second kappa shape index (κ2) is 6.50. The third kappa shape index (κ3) is 4.68. The molecule has 0 aliphatic carbocycles. The zero-order valence-electron chi connectivity index (χ0n) is 12.5. The van der Waals surface area contributed by atoms with Crippen LogP contribution < -0.4 is 15.2 Å². The summed E-state index contributed by atoms with van der Waals surface area (Å²) in [7, 11) is -1.44. The molecule has 0 spiro atoms. The third-order valence-corrected chi connectivity index (χ3v) is 5.10. The van der Waals surface area contributed by atoms with Crippen molar-refractivity contribution in [3.63, 3.8) is 0 Å². The molecule has 0 bridgehead atoms. The molecule has 0 heterocycles. The summed E-state index contributed by atoms with van der Waals surface area (Å²) >= 11 is 0. The summed E-state index contributed by atoms with van der Waals surface area (Å²) in [5.41, 5.74) is 8.40. The average molecular weight is 299 g/mol. The van der Waals surface area contributed by atoms with Crippen LogP contribution in [0.1, 0.15) is 0 Å². The zero-order valence-corrected chi connectivity index (χ0v) is 13.5. The van der Waals surface area contributed by atoms with Gasteiger partial charge >= 0.3 is 0 Å². The largest absolute Gasteiger partial charge is 0.497 e. The number of hydrogen-bond acceptors (Lipinski definition) is 3. The molecule has 21 heavy (non-hydrogen) atoms. The molecule has 3 nitrogen and oxygen atoms in total. The van der Waals surface area contributed by atoms with Gasteiger partial charge in [-0.3, -0.25) is 0 Å². The van der Waals surface area contributed by atoms with Gasteiger partial charge in [0.25, 0.3) is 0 Å². The number of rotatable bonds is 6. The second-order valence-electron chi connectivity index (χ2n) is 5.62. The van der Waals surface area contributed by atoms with E-state index in [9.17, 15) is 0 Å². The zero-order chi connectivity index (χ0) is 15.3. The van der Waals surface area contributed by atoms with Crippen molar-refractivity contribution in [2.75, 3.05) is 12.0 Å². The van der Waals surface area contributed by atoms with Crippen molar-refractivity contribution in [3.05, 3.63) is 60.8 Å². The minimum atomic E-state index is -1.44. The summed E-state index contributed by atoms with van der Waals surface area (Å²) in [5.74, 6) is 2.38. The Labute approximate surface area is 127 Å². The lowest BCUT2D eigenvalue weighted by Gasteiger charge is -2.17. The van der Waals surface area contributed by atoms with Crippen molar-refractivity contribution < 1.29 is 9.47 Å². The maximum Gasteiger partial charge on any atom is 0.127 e. The Morgan fingerprint density at radius 2 is 1.43 bits per heavy atom. The van der Waals surface area contributed by atoms with E-state index >= 15 is 0 Å². The van der Waals surface area contributed by atoms with Crippen LogP contribution in [0.2, 0.25) is 13.1 Å². The van der Waals surface area contributed by atoms with E-state index in [2.05, 4.69) is 19.7 Å². The lowest BCUT2D eigenvalue weighted by atomic mass is 10.3. The summed E-state index contributed by atoms with van der Waals surface area (Å²) in [6.07, 6.45) is 0.731. The van der Waals surface area contributed by atoms with E-state index in [1.54, 1.807) is 0 Å². The number of nitrogens with two attached hydrogens (primary N) is 1. The van der Waals surface area contributed by atoms with Crippen molar-refractivity contribution in [1.82, 2.24) is 0 Å². The minimum Gasteiger partial charge on any atom is -0.497 e. The number of benzene rings is 2. The predicted octanol–water partition coefficient (Wildman–Crippen LogP) is 4.41. The normalized spacial score (nSPS) is 11.0. The van der Waals surface area contributed by atoms with Crippen LogP contribution in [-0.4, -0.2) is 14.3 Å². The van der Waals surface area contributed by atoms with Crippen molar-refractivity contribution in [1.29, 1.82) is 0 Å². The third-order valence-electron chi connectivity index (χ3n) is 3.10. The molecule has 0 atom stereocenters. The first-order valence-corrected chi connectivity index (χ1v) is 10.2. The summed E-state index contributed by atoms with van der Waals surface area (Å²) < 4.78 is 11.5. The maximum atomic E-state index is 5.80. The van der Waals surface area contributed by atoms with Crippen LogP contribution in [0.3, 0.4) is 0 Å². The molecule has 0 amide bonds. The minimum absolute atomic E-state index is 0.722. The Kier molecular flexibility index (Phi) is 4.70. The highest BCUT2D eigenvalue weighted by Crippen LogP contribution is 2.24. The molecule has 0 unspecified atom stereocenters. The Morgan fingerprint density at radius 1 is 0.952 bits per heavy atom. The molecule has 2 aromatic carbocycles. The Hall–Kier alpha value is -2.20. The summed E-state index contributed by atoms with van der Waals surface area (Å²) in [4.78, 5) is 0. The van der Waals surface area contributed by atoms with Crippen LogP contribution in [-0.2, 0) is 0 Å². The fourth-order valence-electron chi connectivity index (χ4n) is 1.60. The van der Waals surface area contributed by atoms with Gasteiger partial charge < -0.3 is 15.2 Å². The first kappa shape index (κ1) is 15.2. The van der Waals surface area contributed by atoms with Crippen molar-refractivity contribution in [3.8, 4) is 17.2 Å². The van der Waals surface area contributed by atoms with Gasteiger partial charge in [0.05, 0.1) is 6.23 Å². The van der Waals surface area contributed by atoms with E-state index < -0.39 is 8.07 Å². The molecule has 0 aliphatic rings. The van der Waals surface area contributed by atoms with E-state index in [1.165, 1.54) is 0 Å². The number of ether oxygens (including phenoxy) is 2. The van der Waals surface area contributed by atoms with Gasteiger partial charge in [-0.15, -0.1) is 6.58 Å². The van der Waals surface area contributed by atoms with Crippen LogP contribution in [0, 0.1) is 0 Å². The molecule has 0 aromatic heterocycles.